The van der Waals surface area contributed by atoms with Crippen LogP contribution in [0.2, 0.25) is 0 Å². The Labute approximate surface area is 80.3 Å². The highest BCUT2D eigenvalue weighted by Gasteiger charge is 2.08. The number of benzene rings is 1. The van der Waals surface area contributed by atoms with Crippen molar-refractivity contribution >= 4 is 5.57 Å². The minimum Gasteiger partial charge on any atom is -0.0955 e. The Kier molecular flexibility index (Phi) is 2.22. The highest BCUT2D eigenvalue weighted by atomic mass is 14.1. The van der Waals surface area contributed by atoms with Gasteiger partial charge in [0.25, 0.3) is 0 Å². The van der Waals surface area contributed by atoms with Crippen LogP contribution in [-0.4, -0.2) is 0 Å². The molecule has 0 heteroatoms. The van der Waals surface area contributed by atoms with Crippen molar-refractivity contribution in [3.63, 3.8) is 0 Å². The summed E-state index contributed by atoms with van der Waals surface area (Å²) in [6, 6.07) is 6.79. The standard InChI is InChI=1S/C13H16/c1-10(2)12-8-7-11-5-3-4-6-13(11)9-12/h7-9H,1,3-6H2,2H3. The summed E-state index contributed by atoms with van der Waals surface area (Å²) in [4.78, 5) is 0. The van der Waals surface area contributed by atoms with Crippen molar-refractivity contribution in [2.45, 2.75) is 32.6 Å². The van der Waals surface area contributed by atoms with Crippen LogP contribution in [-0.2, 0) is 12.8 Å². The molecule has 0 nitrogen and oxygen atoms in total. The van der Waals surface area contributed by atoms with E-state index in [-0.39, 0.29) is 0 Å². The topological polar surface area (TPSA) is 0 Å². The van der Waals surface area contributed by atoms with Crippen molar-refractivity contribution in [3.05, 3.63) is 41.5 Å². The smallest absolute Gasteiger partial charge is 0.0230 e. The molecule has 1 aliphatic rings. The molecule has 0 aliphatic heterocycles. The Hall–Kier alpha value is -1.04. The summed E-state index contributed by atoms with van der Waals surface area (Å²) < 4.78 is 0. The average Bonchev–Trinajstić information content (AvgIpc) is 2.17. The fourth-order valence-corrected chi connectivity index (χ4v) is 2.00. The van der Waals surface area contributed by atoms with E-state index in [1.807, 2.05) is 0 Å². The number of rotatable bonds is 1. The first-order valence-electron chi connectivity index (χ1n) is 5.05. The maximum absolute atomic E-state index is 3.97. The minimum atomic E-state index is 1.17. The van der Waals surface area contributed by atoms with Crippen LogP contribution in [0.25, 0.3) is 5.57 Å². The number of aryl methyl sites for hydroxylation is 2. The van der Waals surface area contributed by atoms with Gasteiger partial charge >= 0.3 is 0 Å². The fraction of sp³-hybridized carbons (Fsp3) is 0.385. The molecule has 0 aromatic heterocycles. The molecular formula is C13H16. The normalized spacial score (nSPS) is 15.2. The summed E-state index contributed by atoms with van der Waals surface area (Å²) in [5.41, 5.74) is 5.58. The van der Waals surface area contributed by atoms with E-state index in [1.54, 1.807) is 11.1 Å². The predicted octanol–water partition coefficient (Wildman–Crippen LogP) is 3.60. The van der Waals surface area contributed by atoms with Gasteiger partial charge in [-0.25, -0.2) is 0 Å². The SMILES string of the molecule is C=C(C)c1ccc2c(c1)CCCC2. The zero-order valence-corrected chi connectivity index (χ0v) is 8.27. The maximum atomic E-state index is 3.97. The van der Waals surface area contributed by atoms with Crippen LogP contribution in [0.1, 0.15) is 36.5 Å². The van der Waals surface area contributed by atoms with Crippen molar-refractivity contribution in [2.24, 2.45) is 0 Å². The Morgan fingerprint density at radius 3 is 2.54 bits per heavy atom. The molecule has 0 spiro atoms. The van der Waals surface area contributed by atoms with Crippen molar-refractivity contribution in [2.75, 3.05) is 0 Å². The first-order chi connectivity index (χ1) is 6.27. The second-order valence-corrected chi connectivity index (χ2v) is 3.97. The summed E-state index contributed by atoms with van der Waals surface area (Å²) >= 11 is 0. The van der Waals surface area contributed by atoms with Crippen molar-refractivity contribution in [1.29, 1.82) is 0 Å². The van der Waals surface area contributed by atoms with Gasteiger partial charge in [0.15, 0.2) is 0 Å². The molecule has 0 saturated carbocycles. The van der Waals surface area contributed by atoms with E-state index in [4.69, 9.17) is 0 Å². The summed E-state index contributed by atoms with van der Waals surface area (Å²) in [7, 11) is 0. The Morgan fingerprint density at radius 1 is 1.15 bits per heavy atom. The van der Waals surface area contributed by atoms with Crippen LogP contribution < -0.4 is 0 Å². The van der Waals surface area contributed by atoms with Gasteiger partial charge in [-0.05, 0) is 49.3 Å². The lowest BCUT2D eigenvalue weighted by Crippen LogP contribution is -2.02. The summed E-state index contributed by atoms with van der Waals surface area (Å²) in [5.74, 6) is 0. The van der Waals surface area contributed by atoms with Gasteiger partial charge < -0.3 is 0 Å². The van der Waals surface area contributed by atoms with Gasteiger partial charge in [-0.1, -0.05) is 30.4 Å². The molecule has 0 heterocycles. The van der Waals surface area contributed by atoms with E-state index in [1.165, 1.54) is 36.8 Å². The number of allylic oxidation sites excluding steroid dienone is 1. The largest absolute Gasteiger partial charge is 0.0955 e. The van der Waals surface area contributed by atoms with Gasteiger partial charge in [-0.2, -0.15) is 0 Å². The summed E-state index contributed by atoms with van der Waals surface area (Å²) in [6.07, 6.45) is 5.24. The van der Waals surface area contributed by atoms with Crippen LogP contribution in [0.3, 0.4) is 0 Å². The molecule has 0 radical (unpaired) electrons. The molecule has 0 fully saturated rings. The molecule has 0 atom stereocenters. The molecule has 1 aromatic rings. The maximum Gasteiger partial charge on any atom is -0.0230 e. The lowest BCUT2D eigenvalue weighted by Gasteiger charge is -2.16. The van der Waals surface area contributed by atoms with Gasteiger partial charge in [-0.15, -0.1) is 0 Å². The van der Waals surface area contributed by atoms with Crippen molar-refractivity contribution in [3.8, 4) is 0 Å². The highest BCUT2D eigenvalue weighted by molar-refractivity contribution is 5.62. The molecular weight excluding hydrogens is 156 g/mol. The van der Waals surface area contributed by atoms with Crippen molar-refractivity contribution < 1.29 is 0 Å². The van der Waals surface area contributed by atoms with Crippen LogP contribution in [0, 0.1) is 0 Å². The Bertz CT molecular complexity index is 334. The van der Waals surface area contributed by atoms with Gasteiger partial charge in [0.05, 0.1) is 0 Å². The van der Waals surface area contributed by atoms with Gasteiger partial charge in [-0.3, -0.25) is 0 Å². The monoisotopic (exact) mass is 172 g/mol. The highest BCUT2D eigenvalue weighted by Crippen LogP contribution is 2.24. The lowest BCUT2D eigenvalue weighted by atomic mass is 9.89. The third-order valence-electron chi connectivity index (χ3n) is 2.84. The van der Waals surface area contributed by atoms with Crippen molar-refractivity contribution in [1.82, 2.24) is 0 Å². The van der Waals surface area contributed by atoms with E-state index >= 15 is 0 Å². The van der Waals surface area contributed by atoms with Gasteiger partial charge in [0, 0.05) is 0 Å². The first-order valence-corrected chi connectivity index (χ1v) is 5.05. The lowest BCUT2D eigenvalue weighted by molar-refractivity contribution is 0.685. The molecule has 0 N–H and O–H groups in total. The zero-order valence-electron chi connectivity index (χ0n) is 8.27. The summed E-state index contributed by atoms with van der Waals surface area (Å²) in [6.45, 7) is 6.05. The molecule has 0 amide bonds. The molecule has 0 bridgehead atoms. The average molecular weight is 172 g/mol. The molecule has 13 heavy (non-hydrogen) atoms. The van der Waals surface area contributed by atoms with Crippen LogP contribution in [0.5, 0.6) is 0 Å². The zero-order chi connectivity index (χ0) is 9.26. The van der Waals surface area contributed by atoms with E-state index in [9.17, 15) is 0 Å². The number of hydrogen-bond donors (Lipinski definition) is 0. The number of fused-ring (bicyclic) bond motifs is 1. The van der Waals surface area contributed by atoms with Gasteiger partial charge in [0.1, 0.15) is 0 Å². The minimum absolute atomic E-state index is 1.17. The third kappa shape index (κ3) is 1.67. The molecule has 2 rings (SSSR count). The van der Waals surface area contributed by atoms with Crippen LogP contribution >= 0.6 is 0 Å². The second kappa shape index (κ2) is 3.37. The third-order valence-corrected chi connectivity index (χ3v) is 2.84. The molecule has 1 aromatic carbocycles. The van der Waals surface area contributed by atoms with E-state index in [0.29, 0.717) is 0 Å². The fourth-order valence-electron chi connectivity index (χ4n) is 2.00. The molecule has 1 aliphatic carbocycles. The Morgan fingerprint density at radius 2 is 1.85 bits per heavy atom. The molecule has 68 valence electrons. The van der Waals surface area contributed by atoms with E-state index in [0.717, 1.165) is 0 Å². The van der Waals surface area contributed by atoms with Crippen LogP contribution in [0.15, 0.2) is 24.8 Å². The molecule has 0 saturated heterocycles. The Balaban J connectivity index is 2.40. The first kappa shape index (κ1) is 8.55. The quantitative estimate of drug-likeness (QED) is 0.607. The molecule has 0 unspecified atom stereocenters. The number of hydrogen-bond acceptors (Lipinski definition) is 0. The predicted molar refractivity (Wildman–Crippen MR) is 57.8 cm³/mol. The van der Waals surface area contributed by atoms with E-state index < -0.39 is 0 Å². The van der Waals surface area contributed by atoms with Crippen LogP contribution in [0.4, 0.5) is 0 Å². The summed E-state index contributed by atoms with van der Waals surface area (Å²) in [5, 5.41) is 0. The second-order valence-electron chi connectivity index (χ2n) is 3.97. The van der Waals surface area contributed by atoms with Gasteiger partial charge in [0.2, 0.25) is 0 Å². The van der Waals surface area contributed by atoms with E-state index in [2.05, 4.69) is 31.7 Å².